The molecule has 348 valence electrons. The van der Waals surface area contributed by atoms with Crippen molar-refractivity contribution in [1.29, 1.82) is 5.26 Å². The smallest absolute Gasteiger partial charge is 0.187 e. The van der Waals surface area contributed by atoms with Gasteiger partial charge >= 0.3 is 0 Å². The summed E-state index contributed by atoms with van der Waals surface area (Å²) in [6.07, 6.45) is 0. The highest BCUT2D eigenvalue weighted by Gasteiger charge is 2.48. The molecule has 11 aromatic carbocycles. The highest BCUT2D eigenvalue weighted by molar-refractivity contribution is 6.20. The van der Waals surface area contributed by atoms with Crippen molar-refractivity contribution >= 4 is 72.1 Å². The molecule has 0 spiro atoms. The summed E-state index contributed by atoms with van der Waals surface area (Å²) in [6.45, 7) is 16.6. The van der Waals surface area contributed by atoms with E-state index in [-0.39, 0.29) is 0 Å². The molecule has 4 nitrogen and oxygen atoms in total. The third-order valence-electron chi connectivity index (χ3n) is 15.1. The number of rotatable bonds is 10. The fraction of sp³-hybridized carbons (Fsp3) is 0.101. The molecule has 0 aromatic heterocycles. The fourth-order valence-electron chi connectivity index (χ4n) is 11.5. The summed E-state index contributed by atoms with van der Waals surface area (Å²) >= 11 is 0. The van der Waals surface area contributed by atoms with Gasteiger partial charge in [0.1, 0.15) is 0 Å². The Kier molecular flexibility index (Phi) is 11.2. The van der Waals surface area contributed by atoms with Crippen LogP contribution in [0.4, 0.5) is 39.8 Å². The van der Waals surface area contributed by atoms with Crippen molar-refractivity contribution in [3.05, 3.63) is 281 Å². The number of hydrogen-bond acceptors (Lipinski definition) is 3. The first-order valence-corrected chi connectivity index (χ1v) is 25.2. The van der Waals surface area contributed by atoms with E-state index in [0.29, 0.717) is 23.1 Å². The second kappa shape index (κ2) is 18.2. The van der Waals surface area contributed by atoms with Crippen molar-refractivity contribution in [3.63, 3.8) is 0 Å². The Balaban J connectivity index is 1.13. The Morgan fingerprint density at radius 3 is 1.45 bits per heavy atom. The average molecular weight is 937 g/mol. The molecule has 0 amide bonds. The molecule has 11 aromatic rings. The van der Waals surface area contributed by atoms with Crippen LogP contribution in [0, 0.1) is 17.9 Å². The van der Waals surface area contributed by atoms with Gasteiger partial charge in [-0.15, -0.1) is 0 Å². The molecule has 0 unspecified atom stereocenters. The first kappa shape index (κ1) is 45.0. The van der Waals surface area contributed by atoms with Gasteiger partial charge < -0.3 is 9.80 Å². The van der Waals surface area contributed by atoms with Crippen LogP contribution in [0.5, 0.6) is 0 Å². The zero-order valence-electron chi connectivity index (χ0n) is 41.4. The van der Waals surface area contributed by atoms with Gasteiger partial charge in [-0.2, -0.15) is 5.26 Å². The predicted molar refractivity (Wildman–Crippen MR) is 305 cm³/mol. The predicted octanol–water partition coefficient (Wildman–Crippen LogP) is 19.1. The van der Waals surface area contributed by atoms with Crippen molar-refractivity contribution in [2.24, 2.45) is 0 Å². The third kappa shape index (κ3) is 7.51. The van der Waals surface area contributed by atoms with E-state index in [1.165, 1.54) is 66.1 Å². The molecule has 0 saturated carbocycles. The molecule has 0 N–H and O–H groups in total. The van der Waals surface area contributed by atoms with Crippen LogP contribution in [-0.2, 0) is 5.41 Å². The van der Waals surface area contributed by atoms with E-state index in [4.69, 9.17) is 6.57 Å². The number of nitrogens with zero attached hydrogens (tertiary/aromatic N) is 4. The minimum atomic E-state index is -0.706. The van der Waals surface area contributed by atoms with Crippen LogP contribution >= 0.6 is 0 Å². The van der Waals surface area contributed by atoms with E-state index in [1.807, 2.05) is 36.4 Å². The summed E-state index contributed by atoms with van der Waals surface area (Å²) in [5, 5.41) is 16.8. The van der Waals surface area contributed by atoms with Gasteiger partial charge in [-0.3, -0.25) is 0 Å². The van der Waals surface area contributed by atoms with Crippen molar-refractivity contribution in [2.45, 2.75) is 44.9 Å². The van der Waals surface area contributed by atoms with Crippen LogP contribution in [0.3, 0.4) is 0 Å². The lowest BCUT2D eigenvalue weighted by molar-refractivity contribution is 0.777. The lowest BCUT2D eigenvalue weighted by atomic mass is 9.66. The van der Waals surface area contributed by atoms with Gasteiger partial charge in [0.15, 0.2) is 5.69 Å². The van der Waals surface area contributed by atoms with Crippen molar-refractivity contribution in [3.8, 4) is 17.2 Å². The SMILES string of the molecule is [C-]#[N+]c1ccc(N(c2ccc(C(C)C)cc2)c2ccc3c4c(c5ccccc5c3c2)-c2cc3ccc(N(c5ccc(C#N)cc5)c5ccc(C(C)C)cc5)cc3cc2C4(c2ccccc2)c2ccccc2)cc1. The Morgan fingerprint density at radius 1 is 0.438 bits per heavy atom. The summed E-state index contributed by atoms with van der Waals surface area (Å²) in [6, 6.07) is 85.9. The minimum Gasteiger partial charge on any atom is -0.311 e. The van der Waals surface area contributed by atoms with Crippen molar-refractivity contribution in [1.82, 2.24) is 0 Å². The molecule has 0 atom stereocenters. The monoisotopic (exact) mass is 936 g/mol. The summed E-state index contributed by atoms with van der Waals surface area (Å²) < 4.78 is 0. The molecule has 0 saturated heterocycles. The summed E-state index contributed by atoms with van der Waals surface area (Å²) in [7, 11) is 0. The van der Waals surface area contributed by atoms with E-state index in [0.717, 1.165) is 44.9 Å². The number of benzene rings is 11. The Bertz CT molecular complexity index is 3920. The van der Waals surface area contributed by atoms with E-state index in [2.05, 4.69) is 243 Å². The van der Waals surface area contributed by atoms with Crippen molar-refractivity contribution in [2.75, 3.05) is 9.80 Å². The molecule has 73 heavy (non-hydrogen) atoms. The summed E-state index contributed by atoms with van der Waals surface area (Å²) in [5.41, 5.74) is 16.6. The lowest BCUT2D eigenvalue weighted by Gasteiger charge is -2.35. The zero-order chi connectivity index (χ0) is 49.8. The highest BCUT2D eigenvalue weighted by Crippen LogP contribution is 2.61. The van der Waals surface area contributed by atoms with Gasteiger partial charge in [-0.05, 0) is 186 Å². The van der Waals surface area contributed by atoms with Crippen LogP contribution in [0.25, 0.3) is 48.3 Å². The lowest BCUT2D eigenvalue weighted by Crippen LogP contribution is -2.29. The van der Waals surface area contributed by atoms with E-state index in [9.17, 15) is 5.26 Å². The number of nitriles is 1. The molecule has 12 rings (SSSR count). The van der Waals surface area contributed by atoms with Crippen LogP contribution in [0.15, 0.2) is 231 Å². The average Bonchev–Trinajstić information content (AvgIpc) is 3.75. The quantitative estimate of drug-likeness (QED) is 0.101. The van der Waals surface area contributed by atoms with Crippen LogP contribution in [0.1, 0.15) is 78.5 Å². The number of fused-ring (bicyclic) bond motifs is 9. The Morgan fingerprint density at radius 2 is 0.918 bits per heavy atom. The molecule has 0 aliphatic heterocycles. The first-order valence-electron chi connectivity index (χ1n) is 25.2. The second-order valence-electron chi connectivity index (χ2n) is 19.9. The molecule has 0 bridgehead atoms. The molecule has 0 radical (unpaired) electrons. The molecule has 0 fully saturated rings. The third-order valence-corrected chi connectivity index (χ3v) is 15.1. The largest absolute Gasteiger partial charge is 0.311 e. The summed E-state index contributed by atoms with van der Waals surface area (Å²) in [5.74, 6) is 0.816. The molecule has 0 heterocycles. The highest BCUT2D eigenvalue weighted by atomic mass is 15.1. The van der Waals surface area contributed by atoms with Gasteiger partial charge in [0, 0.05) is 34.1 Å². The molecular formula is C69H52N4. The topological polar surface area (TPSA) is 34.6 Å². The molecular weight excluding hydrogens is 885 g/mol. The van der Waals surface area contributed by atoms with Crippen LogP contribution in [0.2, 0.25) is 0 Å². The normalized spacial score (nSPS) is 12.4. The number of anilines is 6. The maximum atomic E-state index is 9.75. The van der Waals surface area contributed by atoms with Gasteiger partial charge in [-0.1, -0.05) is 161 Å². The maximum absolute atomic E-state index is 9.75. The zero-order valence-corrected chi connectivity index (χ0v) is 41.4. The van der Waals surface area contributed by atoms with Gasteiger partial charge in [0.2, 0.25) is 0 Å². The standard InChI is InChI=1S/C69H52N4/c1-45(2)48-22-31-56(32-23-48)72(55-29-20-47(44-70)21-30-55)59-35-26-50-41-65-66(42-51(50)40-59)69(52-14-8-6-9-15-52,53-16-10-7-11-17-53)68-63-39-38-60(43-64(63)61-18-12-13-19-62(61)67(65)68)73(58-36-27-54(71-5)28-37-58)57-33-24-49(25-34-57)46(3)4/h6-43,45-46H,1-4H3. The van der Waals surface area contributed by atoms with E-state index >= 15 is 0 Å². The number of hydrogen-bond donors (Lipinski definition) is 0. The van der Waals surface area contributed by atoms with Crippen LogP contribution < -0.4 is 9.80 Å². The molecule has 4 heteroatoms. The summed E-state index contributed by atoms with van der Waals surface area (Å²) in [4.78, 5) is 8.34. The van der Waals surface area contributed by atoms with E-state index in [1.54, 1.807) is 0 Å². The minimum absolute atomic E-state index is 0.406. The molecule has 1 aliphatic rings. The first-order chi connectivity index (χ1) is 35.7. The Labute approximate surface area is 428 Å². The van der Waals surface area contributed by atoms with E-state index < -0.39 is 5.41 Å². The fourth-order valence-corrected chi connectivity index (χ4v) is 11.5. The Hall–Kier alpha value is -9.22. The maximum Gasteiger partial charge on any atom is 0.187 e. The van der Waals surface area contributed by atoms with Crippen molar-refractivity contribution < 1.29 is 0 Å². The van der Waals surface area contributed by atoms with Gasteiger partial charge in [-0.25, -0.2) is 4.85 Å². The van der Waals surface area contributed by atoms with Gasteiger partial charge in [0.05, 0.1) is 23.6 Å². The van der Waals surface area contributed by atoms with Gasteiger partial charge in [0.25, 0.3) is 0 Å². The van der Waals surface area contributed by atoms with Crippen LogP contribution in [-0.4, -0.2) is 0 Å². The molecule has 1 aliphatic carbocycles. The second-order valence-corrected chi connectivity index (χ2v) is 19.9.